The van der Waals surface area contributed by atoms with E-state index >= 15 is 0 Å². The van der Waals surface area contributed by atoms with Gasteiger partial charge in [-0.25, -0.2) is 4.79 Å². The van der Waals surface area contributed by atoms with Crippen LogP contribution in [0.2, 0.25) is 5.02 Å². The molecule has 0 bridgehead atoms. The van der Waals surface area contributed by atoms with Gasteiger partial charge in [0.15, 0.2) is 5.82 Å². The molecule has 0 spiro atoms. The summed E-state index contributed by atoms with van der Waals surface area (Å²) in [5.41, 5.74) is 0.0880. The molecule has 0 unspecified atom stereocenters. The van der Waals surface area contributed by atoms with E-state index in [0.717, 1.165) is 4.90 Å². The van der Waals surface area contributed by atoms with E-state index in [-0.39, 0.29) is 16.5 Å². The van der Waals surface area contributed by atoms with Crippen LogP contribution in [-0.2, 0) is 5.75 Å². The van der Waals surface area contributed by atoms with Crippen molar-refractivity contribution in [2.75, 3.05) is 0 Å². The third-order valence-electron chi connectivity index (χ3n) is 2.53. The molecule has 0 fully saturated rings. The zero-order chi connectivity index (χ0) is 14.7. The quantitative estimate of drug-likeness (QED) is 0.845. The summed E-state index contributed by atoms with van der Waals surface area (Å²) in [6, 6.07) is 4.87. The Morgan fingerprint density at radius 3 is 2.85 bits per heavy atom. The third-order valence-corrected chi connectivity index (χ3v) is 3.84. The second-order valence-electron chi connectivity index (χ2n) is 4.44. The Balaban J connectivity index is 2.06. The molecular formula is C13H13ClN2O3S. The molecule has 1 aromatic heterocycles. The molecule has 0 aliphatic carbocycles. The van der Waals surface area contributed by atoms with Gasteiger partial charge in [0.25, 0.3) is 0 Å². The normalized spacial score (nSPS) is 11.0. The van der Waals surface area contributed by atoms with Crippen LogP contribution in [0.3, 0.4) is 0 Å². The average Bonchev–Trinajstić information content (AvgIpc) is 2.86. The first kappa shape index (κ1) is 14.9. The molecule has 0 saturated heterocycles. The van der Waals surface area contributed by atoms with E-state index in [1.54, 1.807) is 12.1 Å². The number of hydrogen-bond donors (Lipinski definition) is 1. The van der Waals surface area contributed by atoms with Crippen molar-refractivity contribution < 1.29 is 14.4 Å². The van der Waals surface area contributed by atoms with Gasteiger partial charge in [0.05, 0.1) is 16.3 Å². The number of aromatic nitrogens is 2. The molecular weight excluding hydrogens is 300 g/mol. The van der Waals surface area contributed by atoms with Gasteiger partial charge in [0.2, 0.25) is 5.89 Å². The lowest BCUT2D eigenvalue weighted by Gasteiger charge is -2.02. The third kappa shape index (κ3) is 3.52. The van der Waals surface area contributed by atoms with Crippen LogP contribution in [0.5, 0.6) is 0 Å². The van der Waals surface area contributed by atoms with Gasteiger partial charge in [0.1, 0.15) is 0 Å². The number of carboxylic acid groups (broad SMARTS) is 1. The van der Waals surface area contributed by atoms with Crippen LogP contribution in [0.15, 0.2) is 27.6 Å². The molecule has 0 aliphatic rings. The molecule has 5 nitrogen and oxygen atoms in total. The van der Waals surface area contributed by atoms with E-state index in [0.29, 0.717) is 17.5 Å². The van der Waals surface area contributed by atoms with Gasteiger partial charge in [-0.05, 0) is 18.2 Å². The first-order valence-electron chi connectivity index (χ1n) is 5.95. The Kier molecular flexibility index (Phi) is 4.67. The summed E-state index contributed by atoms with van der Waals surface area (Å²) in [4.78, 5) is 16.0. The number of carbonyl (C=O) groups is 1. The number of carboxylic acids is 1. The second kappa shape index (κ2) is 6.28. The molecule has 1 aromatic carbocycles. The fourth-order valence-corrected chi connectivity index (χ4v) is 2.44. The van der Waals surface area contributed by atoms with Gasteiger partial charge in [-0.2, -0.15) is 4.98 Å². The minimum absolute atomic E-state index is 0.0880. The summed E-state index contributed by atoms with van der Waals surface area (Å²) in [5, 5.41) is 13.1. The molecule has 20 heavy (non-hydrogen) atoms. The monoisotopic (exact) mass is 312 g/mol. The highest BCUT2D eigenvalue weighted by atomic mass is 35.5. The number of rotatable bonds is 5. The van der Waals surface area contributed by atoms with Crippen molar-refractivity contribution in [3.63, 3.8) is 0 Å². The molecule has 7 heteroatoms. The first-order valence-corrected chi connectivity index (χ1v) is 7.32. The molecule has 0 aliphatic heterocycles. The Bertz CT molecular complexity index is 628. The van der Waals surface area contributed by atoms with Gasteiger partial charge in [-0.1, -0.05) is 30.6 Å². The van der Waals surface area contributed by atoms with E-state index < -0.39 is 5.97 Å². The number of benzene rings is 1. The number of thioether (sulfide) groups is 1. The number of aromatic carboxylic acids is 1. The van der Waals surface area contributed by atoms with E-state index in [4.69, 9.17) is 21.2 Å². The highest BCUT2D eigenvalue weighted by Crippen LogP contribution is 2.27. The summed E-state index contributed by atoms with van der Waals surface area (Å²) in [6.07, 6.45) is 0. The number of hydrogen-bond acceptors (Lipinski definition) is 5. The number of halogens is 1. The van der Waals surface area contributed by atoms with Gasteiger partial charge < -0.3 is 9.63 Å². The zero-order valence-corrected chi connectivity index (χ0v) is 12.5. The lowest BCUT2D eigenvalue weighted by molar-refractivity contribution is 0.0697. The minimum atomic E-state index is -1.04. The molecule has 0 amide bonds. The van der Waals surface area contributed by atoms with Gasteiger partial charge >= 0.3 is 5.97 Å². The Hall–Kier alpha value is -1.53. The maximum atomic E-state index is 11.0. The van der Waals surface area contributed by atoms with E-state index in [1.165, 1.54) is 17.8 Å². The fourth-order valence-electron chi connectivity index (χ4n) is 1.46. The predicted octanol–water partition coefficient (Wildman–Crippen LogP) is 3.84. The molecule has 2 rings (SSSR count). The summed E-state index contributed by atoms with van der Waals surface area (Å²) in [7, 11) is 0. The van der Waals surface area contributed by atoms with Crippen molar-refractivity contribution in [3.8, 4) is 0 Å². The zero-order valence-electron chi connectivity index (χ0n) is 11.0. The molecule has 0 atom stereocenters. The van der Waals surface area contributed by atoms with Crippen molar-refractivity contribution >= 4 is 29.3 Å². The summed E-state index contributed by atoms with van der Waals surface area (Å²) in [5.74, 6) is 0.845. The Morgan fingerprint density at radius 1 is 1.50 bits per heavy atom. The Morgan fingerprint density at radius 2 is 2.25 bits per heavy atom. The smallest absolute Gasteiger partial charge is 0.337 e. The summed E-state index contributed by atoms with van der Waals surface area (Å²) < 4.78 is 5.12. The van der Waals surface area contributed by atoms with E-state index in [2.05, 4.69) is 10.1 Å². The predicted molar refractivity (Wildman–Crippen MR) is 76.4 cm³/mol. The highest BCUT2D eigenvalue weighted by molar-refractivity contribution is 7.98. The lowest BCUT2D eigenvalue weighted by atomic mass is 10.2. The fraction of sp³-hybridized carbons (Fsp3) is 0.308. The van der Waals surface area contributed by atoms with Crippen LogP contribution < -0.4 is 0 Å². The first-order chi connectivity index (χ1) is 9.47. The van der Waals surface area contributed by atoms with E-state index in [9.17, 15) is 4.79 Å². The lowest BCUT2D eigenvalue weighted by Crippen LogP contribution is -1.97. The van der Waals surface area contributed by atoms with Crippen LogP contribution in [-0.4, -0.2) is 21.2 Å². The molecule has 0 radical (unpaired) electrons. The summed E-state index contributed by atoms with van der Waals surface area (Å²) in [6.45, 7) is 3.97. The standard InChI is InChI=1S/C13H13ClN2O3S/c1-7(2)12-15-11(19-16-12)6-20-8-3-4-10(14)9(5-8)13(17)18/h3-5,7H,6H2,1-2H3,(H,17,18). The maximum Gasteiger partial charge on any atom is 0.337 e. The van der Waals surface area contributed by atoms with Gasteiger partial charge in [-0.3, -0.25) is 0 Å². The van der Waals surface area contributed by atoms with Crippen LogP contribution in [0.25, 0.3) is 0 Å². The summed E-state index contributed by atoms with van der Waals surface area (Å²) >= 11 is 7.24. The topological polar surface area (TPSA) is 76.2 Å². The van der Waals surface area contributed by atoms with Crippen molar-refractivity contribution in [1.82, 2.24) is 10.1 Å². The molecule has 0 saturated carbocycles. The molecule has 1 N–H and O–H groups in total. The van der Waals surface area contributed by atoms with Crippen LogP contribution in [0.1, 0.15) is 41.8 Å². The number of nitrogens with zero attached hydrogens (tertiary/aromatic N) is 2. The van der Waals surface area contributed by atoms with Gasteiger partial charge in [0, 0.05) is 10.8 Å². The largest absolute Gasteiger partial charge is 0.478 e. The maximum absolute atomic E-state index is 11.0. The molecule has 2 aromatic rings. The van der Waals surface area contributed by atoms with E-state index in [1.807, 2.05) is 13.8 Å². The van der Waals surface area contributed by atoms with Crippen LogP contribution in [0.4, 0.5) is 0 Å². The second-order valence-corrected chi connectivity index (χ2v) is 5.89. The average molecular weight is 313 g/mol. The molecule has 1 heterocycles. The van der Waals surface area contributed by atoms with Gasteiger partial charge in [-0.15, -0.1) is 11.8 Å². The molecule has 106 valence electrons. The highest BCUT2D eigenvalue weighted by Gasteiger charge is 2.12. The van der Waals surface area contributed by atoms with Crippen molar-refractivity contribution in [1.29, 1.82) is 0 Å². The van der Waals surface area contributed by atoms with Crippen molar-refractivity contribution in [2.45, 2.75) is 30.4 Å². The van der Waals surface area contributed by atoms with Crippen molar-refractivity contribution in [3.05, 3.63) is 40.5 Å². The SMILES string of the molecule is CC(C)c1noc(CSc2ccc(Cl)c(C(=O)O)c2)n1. The Labute approximate surface area is 125 Å². The minimum Gasteiger partial charge on any atom is -0.478 e. The van der Waals surface area contributed by atoms with Crippen LogP contribution >= 0.6 is 23.4 Å². The van der Waals surface area contributed by atoms with Crippen LogP contribution in [0, 0.1) is 0 Å². The van der Waals surface area contributed by atoms with Crippen molar-refractivity contribution in [2.24, 2.45) is 0 Å².